The summed E-state index contributed by atoms with van der Waals surface area (Å²) < 4.78 is 0. The predicted molar refractivity (Wildman–Crippen MR) is 93.4 cm³/mol. The average molecular weight is 327 g/mol. The number of hydrogen-bond donors (Lipinski definition) is 0. The number of oxime groups is 1. The SMILES string of the molecule is CCO/N=C(/CC)C1C(=O)CC2(CC1=O)Cc1cc(C)cc(C)c12. The molecule has 0 atom stereocenters. The smallest absolute Gasteiger partial charge is 0.150 e. The first-order valence-electron chi connectivity index (χ1n) is 8.76. The third-order valence-corrected chi connectivity index (χ3v) is 5.30. The second kappa shape index (κ2) is 6.15. The summed E-state index contributed by atoms with van der Waals surface area (Å²) >= 11 is 0. The molecule has 0 aromatic heterocycles. The van der Waals surface area contributed by atoms with Crippen LogP contribution in [-0.2, 0) is 26.3 Å². The van der Waals surface area contributed by atoms with Crippen molar-refractivity contribution in [2.75, 3.05) is 6.61 Å². The number of aryl methyl sites for hydroxylation is 2. The molecule has 0 bridgehead atoms. The van der Waals surface area contributed by atoms with Crippen LogP contribution in [0.4, 0.5) is 0 Å². The molecule has 4 nitrogen and oxygen atoms in total. The third-order valence-electron chi connectivity index (χ3n) is 5.30. The molecule has 1 fully saturated rings. The van der Waals surface area contributed by atoms with Crippen molar-refractivity contribution in [1.82, 2.24) is 0 Å². The molecule has 0 radical (unpaired) electrons. The van der Waals surface area contributed by atoms with E-state index in [9.17, 15) is 9.59 Å². The number of ketones is 2. The van der Waals surface area contributed by atoms with Crippen LogP contribution in [0.25, 0.3) is 0 Å². The van der Waals surface area contributed by atoms with Gasteiger partial charge in [-0.25, -0.2) is 0 Å². The lowest BCUT2D eigenvalue weighted by molar-refractivity contribution is -0.135. The maximum absolute atomic E-state index is 12.8. The van der Waals surface area contributed by atoms with Crippen molar-refractivity contribution < 1.29 is 14.4 Å². The average Bonchev–Trinajstić information content (AvgIpc) is 2.48. The normalized spacial score (nSPS) is 26.3. The monoisotopic (exact) mass is 327 g/mol. The lowest BCUT2D eigenvalue weighted by Gasteiger charge is -2.48. The molecule has 0 N–H and O–H groups in total. The van der Waals surface area contributed by atoms with Gasteiger partial charge >= 0.3 is 0 Å². The summed E-state index contributed by atoms with van der Waals surface area (Å²) in [7, 11) is 0. The van der Waals surface area contributed by atoms with Gasteiger partial charge in [0.25, 0.3) is 0 Å². The molecule has 1 saturated carbocycles. The minimum absolute atomic E-state index is 0.00261. The molecule has 0 heterocycles. The number of Topliss-reactive ketones (excluding diaryl/α,β-unsaturated/α-hetero) is 2. The molecule has 0 amide bonds. The summed E-state index contributed by atoms with van der Waals surface area (Å²) in [5.41, 5.74) is 5.26. The van der Waals surface area contributed by atoms with Gasteiger partial charge in [-0.3, -0.25) is 9.59 Å². The molecule has 1 aromatic rings. The number of hydrogen-bond acceptors (Lipinski definition) is 4. The first-order chi connectivity index (χ1) is 11.4. The Hall–Kier alpha value is -1.97. The van der Waals surface area contributed by atoms with Gasteiger partial charge in [0.1, 0.15) is 24.1 Å². The summed E-state index contributed by atoms with van der Waals surface area (Å²) in [6.45, 7) is 8.36. The van der Waals surface area contributed by atoms with Gasteiger partial charge < -0.3 is 4.84 Å². The second-order valence-electron chi connectivity index (χ2n) is 7.15. The maximum atomic E-state index is 12.8. The van der Waals surface area contributed by atoms with E-state index in [2.05, 4.69) is 31.1 Å². The number of fused-ring (bicyclic) bond motifs is 2. The molecule has 2 aliphatic rings. The molecular formula is C20H25NO3. The van der Waals surface area contributed by atoms with E-state index in [1.165, 1.54) is 22.3 Å². The number of benzene rings is 1. The molecule has 2 aliphatic carbocycles. The molecular weight excluding hydrogens is 302 g/mol. The Morgan fingerprint density at radius 2 is 1.83 bits per heavy atom. The van der Waals surface area contributed by atoms with Gasteiger partial charge in [0, 0.05) is 18.3 Å². The highest BCUT2D eigenvalue weighted by molar-refractivity contribution is 6.22. The Labute approximate surface area is 143 Å². The molecule has 0 unspecified atom stereocenters. The largest absolute Gasteiger partial charge is 0.396 e. The van der Waals surface area contributed by atoms with E-state index in [-0.39, 0.29) is 17.0 Å². The van der Waals surface area contributed by atoms with Gasteiger partial charge in [-0.05, 0) is 50.3 Å². The van der Waals surface area contributed by atoms with Crippen LogP contribution in [0.3, 0.4) is 0 Å². The number of carbonyl (C=O) groups is 2. The van der Waals surface area contributed by atoms with E-state index in [0.29, 0.717) is 31.6 Å². The maximum Gasteiger partial charge on any atom is 0.150 e. The standard InChI is InChI=1S/C20H25NO3/c1-5-15(21-24-6-2)18-16(22)10-20(11-17(18)23)9-14-8-12(3)7-13(4)19(14)20/h7-8,18H,5-6,9-11H2,1-4H3/b21-15-. The van der Waals surface area contributed by atoms with Gasteiger partial charge in [-0.1, -0.05) is 29.8 Å². The fourth-order valence-corrected chi connectivity index (χ4v) is 4.56. The second-order valence-corrected chi connectivity index (χ2v) is 7.15. The Balaban J connectivity index is 1.89. The van der Waals surface area contributed by atoms with Crippen molar-refractivity contribution >= 4 is 17.3 Å². The topological polar surface area (TPSA) is 55.7 Å². The number of carbonyl (C=O) groups excluding carboxylic acids is 2. The van der Waals surface area contributed by atoms with Crippen molar-refractivity contribution in [3.63, 3.8) is 0 Å². The molecule has 24 heavy (non-hydrogen) atoms. The quantitative estimate of drug-likeness (QED) is 0.483. The highest BCUT2D eigenvalue weighted by atomic mass is 16.6. The Bertz CT molecular complexity index is 697. The highest BCUT2D eigenvalue weighted by Gasteiger charge is 2.53. The summed E-state index contributed by atoms with van der Waals surface area (Å²) in [5, 5.41) is 4.03. The molecule has 0 saturated heterocycles. The molecule has 128 valence electrons. The van der Waals surface area contributed by atoms with E-state index in [4.69, 9.17) is 4.84 Å². The van der Waals surface area contributed by atoms with E-state index in [1.54, 1.807) is 0 Å². The first-order valence-corrected chi connectivity index (χ1v) is 8.76. The molecule has 1 aromatic carbocycles. The van der Waals surface area contributed by atoms with Crippen LogP contribution >= 0.6 is 0 Å². The van der Waals surface area contributed by atoms with Gasteiger partial charge in [0.2, 0.25) is 0 Å². The predicted octanol–water partition coefficient (Wildman–Crippen LogP) is 3.45. The molecule has 3 rings (SSSR count). The first kappa shape index (κ1) is 16.9. The fraction of sp³-hybridized carbons (Fsp3) is 0.550. The lowest BCUT2D eigenvalue weighted by atomic mass is 9.54. The van der Waals surface area contributed by atoms with Crippen LogP contribution in [0.1, 0.15) is 55.4 Å². The lowest BCUT2D eigenvalue weighted by Crippen LogP contribution is -2.52. The number of rotatable bonds is 4. The van der Waals surface area contributed by atoms with Crippen LogP contribution in [0.15, 0.2) is 17.3 Å². The summed E-state index contributed by atoms with van der Waals surface area (Å²) in [4.78, 5) is 30.7. The van der Waals surface area contributed by atoms with Gasteiger partial charge in [-0.2, -0.15) is 0 Å². The Morgan fingerprint density at radius 1 is 1.17 bits per heavy atom. The van der Waals surface area contributed by atoms with Crippen LogP contribution < -0.4 is 0 Å². The minimum atomic E-state index is -0.707. The van der Waals surface area contributed by atoms with E-state index in [0.717, 1.165) is 6.42 Å². The van der Waals surface area contributed by atoms with Gasteiger partial charge in [0.05, 0.1) is 5.71 Å². The van der Waals surface area contributed by atoms with Crippen LogP contribution in [-0.4, -0.2) is 23.9 Å². The number of nitrogens with zero attached hydrogens (tertiary/aromatic N) is 1. The third kappa shape index (κ3) is 2.58. The zero-order chi connectivity index (χ0) is 17.5. The zero-order valence-electron chi connectivity index (χ0n) is 14.9. The van der Waals surface area contributed by atoms with Crippen molar-refractivity contribution in [2.24, 2.45) is 11.1 Å². The Kier molecular flexibility index (Phi) is 4.33. The van der Waals surface area contributed by atoms with Gasteiger partial charge in [0.15, 0.2) is 0 Å². The fourth-order valence-electron chi connectivity index (χ4n) is 4.56. The van der Waals surface area contributed by atoms with E-state index < -0.39 is 5.92 Å². The van der Waals surface area contributed by atoms with Crippen LogP contribution in [0.2, 0.25) is 0 Å². The van der Waals surface area contributed by atoms with Crippen molar-refractivity contribution in [1.29, 1.82) is 0 Å². The summed E-state index contributed by atoms with van der Waals surface area (Å²) in [6, 6.07) is 4.33. The summed E-state index contributed by atoms with van der Waals surface area (Å²) in [6.07, 6.45) is 2.26. The molecule has 1 spiro atoms. The van der Waals surface area contributed by atoms with Crippen molar-refractivity contribution in [2.45, 2.75) is 58.8 Å². The minimum Gasteiger partial charge on any atom is -0.396 e. The molecule has 4 heteroatoms. The van der Waals surface area contributed by atoms with Crippen LogP contribution in [0.5, 0.6) is 0 Å². The zero-order valence-corrected chi connectivity index (χ0v) is 14.9. The van der Waals surface area contributed by atoms with E-state index in [1.807, 2.05) is 13.8 Å². The summed E-state index contributed by atoms with van der Waals surface area (Å²) in [5.74, 6) is -0.712. The molecule has 0 aliphatic heterocycles. The highest BCUT2D eigenvalue weighted by Crippen LogP contribution is 2.51. The van der Waals surface area contributed by atoms with Crippen molar-refractivity contribution in [3.05, 3.63) is 34.4 Å². The van der Waals surface area contributed by atoms with Crippen molar-refractivity contribution in [3.8, 4) is 0 Å². The Morgan fingerprint density at radius 3 is 2.38 bits per heavy atom. The van der Waals surface area contributed by atoms with Crippen LogP contribution in [0, 0.1) is 19.8 Å². The van der Waals surface area contributed by atoms with E-state index >= 15 is 0 Å². The van der Waals surface area contributed by atoms with Gasteiger partial charge in [-0.15, -0.1) is 0 Å².